The second-order valence-electron chi connectivity index (χ2n) is 6.35. The Kier molecular flexibility index (Phi) is 3.79. The van der Waals surface area contributed by atoms with Crippen LogP contribution in [-0.2, 0) is 9.59 Å². The molecule has 126 valence electrons. The first-order valence-electron chi connectivity index (χ1n) is 7.76. The molecule has 24 heavy (non-hydrogen) atoms. The highest BCUT2D eigenvalue weighted by molar-refractivity contribution is 6.18. The lowest BCUT2D eigenvalue weighted by atomic mass is 10.0. The Morgan fingerprint density at radius 1 is 1.42 bits per heavy atom. The number of hydrogen-bond acceptors (Lipinski definition) is 4. The zero-order valence-electron chi connectivity index (χ0n) is 14.1. The molecule has 7 heteroatoms. The minimum Gasteiger partial charge on any atom is -0.466 e. The quantitative estimate of drug-likeness (QED) is 0.848. The van der Waals surface area contributed by atoms with Crippen molar-refractivity contribution in [2.75, 3.05) is 10.6 Å². The molecule has 1 aromatic carbocycles. The number of carbonyl (C=O) groups is 2. The molecule has 0 radical (unpaired) electrons. The summed E-state index contributed by atoms with van der Waals surface area (Å²) in [5, 5.41) is 9.59. The molecule has 2 aromatic rings. The van der Waals surface area contributed by atoms with Crippen LogP contribution in [0.4, 0.5) is 11.4 Å². The van der Waals surface area contributed by atoms with Crippen LogP contribution in [0.15, 0.2) is 30.6 Å². The van der Waals surface area contributed by atoms with Crippen molar-refractivity contribution in [1.29, 1.82) is 0 Å². The van der Waals surface area contributed by atoms with Crippen molar-refractivity contribution in [2.45, 2.75) is 39.3 Å². The summed E-state index contributed by atoms with van der Waals surface area (Å²) in [6.07, 6.45) is 3.25. The van der Waals surface area contributed by atoms with Crippen molar-refractivity contribution in [1.82, 2.24) is 9.78 Å². The summed E-state index contributed by atoms with van der Waals surface area (Å²) in [7, 11) is 0. The molecular formula is C17H20N4O3. The van der Waals surface area contributed by atoms with E-state index in [0.717, 1.165) is 5.56 Å². The highest BCUT2D eigenvalue weighted by Gasteiger charge is 2.47. The lowest BCUT2D eigenvalue weighted by molar-refractivity contribution is -0.143. The van der Waals surface area contributed by atoms with Gasteiger partial charge in [-0.3, -0.25) is 14.3 Å². The molecule has 0 saturated carbocycles. The van der Waals surface area contributed by atoms with E-state index in [-0.39, 0.29) is 6.04 Å². The van der Waals surface area contributed by atoms with E-state index in [4.69, 9.17) is 4.74 Å². The maximum atomic E-state index is 12.6. The third-order valence-electron chi connectivity index (χ3n) is 3.95. The second kappa shape index (κ2) is 5.67. The number of hydrogen-bond donors (Lipinski definition) is 2. The van der Waals surface area contributed by atoms with E-state index in [1.165, 1.54) is 6.92 Å². The highest BCUT2D eigenvalue weighted by Crippen LogP contribution is 2.34. The molecule has 1 aliphatic rings. The number of aromatic nitrogens is 2. The molecule has 2 heterocycles. The summed E-state index contributed by atoms with van der Waals surface area (Å²) < 4.78 is 7.44. The summed E-state index contributed by atoms with van der Waals surface area (Å²) in [6.45, 7) is 7.33. The van der Waals surface area contributed by atoms with Gasteiger partial charge >= 0.3 is 0 Å². The monoisotopic (exact) mass is 328 g/mol. The van der Waals surface area contributed by atoms with E-state index < -0.39 is 17.4 Å². The Morgan fingerprint density at radius 2 is 2.17 bits per heavy atom. The molecule has 3 rings (SSSR count). The van der Waals surface area contributed by atoms with Crippen LogP contribution in [0.1, 0.15) is 32.4 Å². The van der Waals surface area contributed by atoms with E-state index in [2.05, 4.69) is 15.7 Å². The summed E-state index contributed by atoms with van der Waals surface area (Å²) in [6, 6.07) is 5.58. The van der Waals surface area contributed by atoms with Crippen LogP contribution >= 0.6 is 0 Å². The van der Waals surface area contributed by atoms with Crippen LogP contribution in [0.25, 0.3) is 0 Å². The molecule has 0 aliphatic carbocycles. The van der Waals surface area contributed by atoms with Gasteiger partial charge in [0.05, 0.1) is 17.6 Å². The number of nitrogens with one attached hydrogen (secondary N) is 2. The van der Waals surface area contributed by atoms with Gasteiger partial charge in [0.15, 0.2) is 0 Å². The Bertz CT molecular complexity index is 812. The minimum atomic E-state index is -1.65. The summed E-state index contributed by atoms with van der Waals surface area (Å²) in [5.41, 5.74) is 0.424. The SMILES string of the molecule is Cc1ccc2c(c1)NC(=O)C(C)(C(=O)Nc1cnn(C(C)C)c1)O2. The smallest absolute Gasteiger partial charge is 0.278 e. The van der Waals surface area contributed by atoms with Crippen LogP contribution in [0.2, 0.25) is 0 Å². The van der Waals surface area contributed by atoms with E-state index >= 15 is 0 Å². The van der Waals surface area contributed by atoms with E-state index in [1.807, 2.05) is 26.8 Å². The Labute approximate surface area is 140 Å². The van der Waals surface area contributed by atoms with Gasteiger partial charge in [-0.15, -0.1) is 0 Å². The molecule has 1 atom stereocenters. The molecule has 0 saturated heterocycles. The Balaban J connectivity index is 1.82. The molecule has 0 fully saturated rings. The largest absolute Gasteiger partial charge is 0.466 e. The van der Waals surface area contributed by atoms with Crippen LogP contribution < -0.4 is 15.4 Å². The van der Waals surface area contributed by atoms with Crippen molar-refractivity contribution in [2.24, 2.45) is 0 Å². The van der Waals surface area contributed by atoms with Gasteiger partial charge in [-0.2, -0.15) is 5.10 Å². The number of benzene rings is 1. The third kappa shape index (κ3) is 2.73. The number of aryl methyl sites for hydroxylation is 1. The van der Waals surface area contributed by atoms with Gasteiger partial charge in [0, 0.05) is 12.2 Å². The van der Waals surface area contributed by atoms with Gasteiger partial charge in [-0.1, -0.05) is 6.07 Å². The molecular weight excluding hydrogens is 308 g/mol. The molecule has 1 unspecified atom stereocenters. The summed E-state index contributed by atoms with van der Waals surface area (Å²) in [4.78, 5) is 25.0. The van der Waals surface area contributed by atoms with Crippen molar-refractivity contribution in [3.8, 4) is 5.75 Å². The molecule has 2 amide bonds. The Hall–Kier alpha value is -2.83. The zero-order chi connectivity index (χ0) is 17.5. The number of anilines is 2. The van der Waals surface area contributed by atoms with Gasteiger partial charge < -0.3 is 15.4 Å². The second-order valence-corrected chi connectivity index (χ2v) is 6.35. The van der Waals surface area contributed by atoms with Gasteiger partial charge in [-0.05, 0) is 45.4 Å². The maximum Gasteiger partial charge on any atom is 0.278 e. The first-order chi connectivity index (χ1) is 11.3. The van der Waals surface area contributed by atoms with Crippen LogP contribution in [0, 0.1) is 6.92 Å². The number of fused-ring (bicyclic) bond motifs is 1. The molecule has 0 bridgehead atoms. The van der Waals surface area contributed by atoms with Crippen LogP contribution in [0.5, 0.6) is 5.75 Å². The lowest BCUT2D eigenvalue weighted by Crippen LogP contribution is -2.56. The fourth-order valence-electron chi connectivity index (χ4n) is 2.42. The summed E-state index contributed by atoms with van der Waals surface area (Å²) >= 11 is 0. The minimum absolute atomic E-state index is 0.176. The number of rotatable bonds is 3. The fraction of sp³-hybridized carbons (Fsp3) is 0.353. The van der Waals surface area contributed by atoms with Crippen molar-refractivity contribution < 1.29 is 14.3 Å². The van der Waals surface area contributed by atoms with Crippen LogP contribution in [-0.4, -0.2) is 27.2 Å². The van der Waals surface area contributed by atoms with Crippen molar-refractivity contribution in [3.63, 3.8) is 0 Å². The Morgan fingerprint density at radius 3 is 2.83 bits per heavy atom. The van der Waals surface area contributed by atoms with Gasteiger partial charge in [-0.25, -0.2) is 0 Å². The molecule has 2 N–H and O–H groups in total. The predicted molar refractivity (Wildman–Crippen MR) is 90.1 cm³/mol. The zero-order valence-corrected chi connectivity index (χ0v) is 14.1. The van der Waals surface area contributed by atoms with Gasteiger partial charge in [0.2, 0.25) is 0 Å². The van der Waals surface area contributed by atoms with Gasteiger partial charge in [0.1, 0.15) is 5.75 Å². The first-order valence-corrected chi connectivity index (χ1v) is 7.76. The maximum absolute atomic E-state index is 12.6. The van der Waals surface area contributed by atoms with Crippen molar-refractivity contribution >= 4 is 23.2 Å². The lowest BCUT2D eigenvalue weighted by Gasteiger charge is -2.33. The van der Waals surface area contributed by atoms with E-state index in [1.54, 1.807) is 29.2 Å². The average molecular weight is 328 g/mol. The topological polar surface area (TPSA) is 85.3 Å². The molecule has 0 spiro atoms. The van der Waals surface area contributed by atoms with E-state index in [0.29, 0.717) is 17.1 Å². The molecule has 1 aromatic heterocycles. The summed E-state index contributed by atoms with van der Waals surface area (Å²) in [5.74, 6) is -0.584. The van der Waals surface area contributed by atoms with Crippen molar-refractivity contribution in [3.05, 3.63) is 36.2 Å². The highest BCUT2D eigenvalue weighted by atomic mass is 16.5. The average Bonchev–Trinajstić information content (AvgIpc) is 2.97. The van der Waals surface area contributed by atoms with Gasteiger partial charge in [0.25, 0.3) is 17.4 Å². The molecule has 7 nitrogen and oxygen atoms in total. The standard InChI is InChI=1S/C17H20N4O3/c1-10(2)21-9-12(8-18-21)19-15(22)17(4)16(23)20-13-7-11(3)5-6-14(13)24-17/h5-10H,1-4H3,(H,19,22)(H,20,23). The number of carbonyl (C=O) groups excluding carboxylic acids is 2. The van der Waals surface area contributed by atoms with Crippen LogP contribution in [0.3, 0.4) is 0 Å². The van der Waals surface area contributed by atoms with E-state index in [9.17, 15) is 9.59 Å². The fourth-order valence-corrected chi connectivity index (χ4v) is 2.42. The molecule has 1 aliphatic heterocycles. The first kappa shape index (κ1) is 16.0. The normalized spacial score (nSPS) is 19.5. The number of amides is 2. The predicted octanol–water partition coefficient (Wildman–Crippen LogP) is 2.50. The third-order valence-corrected chi connectivity index (χ3v) is 3.95. The number of ether oxygens (including phenoxy) is 1. The number of nitrogens with zero attached hydrogens (tertiary/aromatic N) is 2.